The van der Waals surface area contributed by atoms with Gasteiger partial charge in [-0.25, -0.2) is 0 Å². The first kappa shape index (κ1) is 20.1. The lowest BCUT2D eigenvalue weighted by Crippen LogP contribution is -2.39. The largest absolute Gasteiger partial charge is 0.390 e. The molecule has 1 unspecified atom stereocenters. The minimum absolute atomic E-state index is 0.194. The molecule has 0 aliphatic carbocycles. The fourth-order valence-corrected chi connectivity index (χ4v) is 2.46. The third kappa shape index (κ3) is 6.59. The van der Waals surface area contributed by atoms with E-state index in [2.05, 4.69) is 20.7 Å². The second kappa shape index (κ2) is 9.47. The van der Waals surface area contributed by atoms with Crippen LogP contribution < -0.4 is 10.6 Å². The smallest absolute Gasteiger partial charge is 0.357 e. The summed E-state index contributed by atoms with van der Waals surface area (Å²) in [7, 11) is 0. The maximum Gasteiger partial charge on any atom is 0.390 e. The van der Waals surface area contributed by atoms with Crippen LogP contribution in [-0.4, -0.2) is 41.6 Å². The Bertz CT molecular complexity index is 683. The lowest BCUT2D eigenvalue weighted by molar-refractivity contribution is -0.132. The zero-order chi connectivity index (χ0) is 19.0. The Morgan fingerprint density at radius 1 is 1.27 bits per heavy atom. The van der Waals surface area contributed by atoms with Gasteiger partial charge in [-0.2, -0.15) is 18.3 Å². The molecule has 0 bridgehead atoms. The van der Waals surface area contributed by atoms with Crippen LogP contribution in [0.2, 0.25) is 5.02 Å². The number of nitrogens with one attached hydrogen (secondary N) is 2. The van der Waals surface area contributed by atoms with E-state index in [9.17, 15) is 13.2 Å². The minimum atomic E-state index is -4.20. The van der Waals surface area contributed by atoms with Crippen molar-refractivity contribution in [3.05, 3.63) is 53.3 Å². The summed E-state index contributed by atoms with van der Waals surface area (Å²) in [5, 5.41) is 10.5. The maximum absolute atomic E-state index is 12.3. The van der Waals surface area contributed by atoms with Crippen LogP contribution in [0.5, 0.6) is 0 Å². The Balaban J connectivity index is 2.11. The van der Waals surface area contributed by atoms with Crippen molar-refractivity contribution < 1.29 is 13.2 Å². The molecule has 0 saturated carbocycles. The summed E-state index contributed by atoms with van der Waals surface area (Å²) in [5.41, 5.74) is 0.952. The number of benzene rings is 1. The summed E-state index contributed by atoms with van der Waals surface area (Å²) in [4.78, 5) is 4.42. The van der Waals surface area contributed by atoms with Crippen molar-refractivity contribution in [3.63, 3.8) is 0 Å². The van der Waals surface area contributed by atoms with Crippen LogP contribution in [0, 0.1) is 0 Å². The normalized spacial score (nSPS) is 13.5. The topological polar surface area (TPSA) is 54.2 Å². The quantitative estimate of drug-likeness (QED) is 0.563. The molecule has 5 nitrogen and oxygen atoms in total. The van der Waals surface area contributed by atoms with E-state index >= 15 is 0 Å². The van der Waals surface area contributed by atoms with Crippen molar-refractivity contribution in [2.24, 2.45) is 4.99 Å². The van der Waals surface area contributed by atoms with E-state index in [-0.39, 0.29) is 12.6 Å². The van der Waals surface area contributed by atoms with E-state index in [1.807, 2.05) is 25.3 Å². The van der Waals surface area contributed by atoms with Gasteiger partial charge < -0.3 is 10.6 Å². The van der Waals surface area contributed by atoms with Crippen LogP contribution in [0.15, 0.2) is 47.7 Å². The molecule has 26 heavy (non-hydrogen) atoms. The maximum atomic E-state index is 12.3. The van der Waals surface area contributed by atoms with Gasteiger partial charge >= 0.3 is 6.18 Å². The van der Waals surface area contributed by atoms with Crippen LogP contribution in [0.25, 0.3) is 0 Å². The molecule has 0 saturated heterocycles. The molecule has 1 atom stereocenters. The third-order valence-corrected chi connectivity index (χ3v) is 3.82. The summed E-state index contributed by atoms with van der Waals surface area (Å²) in [5.74, 6) is 0.336. The van der Waals surface area contributed by atoms with Crippen LogP contribution >= 0.6 is 11.6 Å². The van der Waals surface area contributed by atoms with E-state index in [1.165, 1.54) is 0 Å². The molecule has 0 spiro atoms. The average Bonchev–Trinajstić information content (AvgIpc) is 3.09. The Labute approximate surface area is 155 Å². The third-order valence-electron chi connectivity index (χ3n) is 3.57. The molecular formula is C17H21ClF3N5. The standard InChI is InChI=1S/C17H21ClF3N5/c1-2-22-16(23-10-8-17(19,20)21)24-12-15(26-11-3-9-25-26)13-4-6-14(18)7-5-13/h3-7,9,11,15H,2,8,10,12H2,1H3,(H2,22,23,24). The fourth-order valence-electron chi connectivity index (χ4n) is 2.33. The van der Waals surface area contributed by atoms with Gasteiger partial charge in [-0.1, -0.05) is 23.7 Å². The highest BCUT2D eigenvalue weighted by Crippen LogP contribution is 2.20. The summed E-state index contributed by atoms with van der Waals surface area (Å²) < 4.78 is 38.7. The van der Waals surface area contributed by atoms with Crippen molar-refractivity contribution in [3.8, 4) is 0 Å². The Morgan fingerprint density at radius 3 is 2.58 bits per heavy atom. The molecule has 142 valence electrons. The fraction of sp³-hybridized carbons (Fsp3) is 0.412. The Hall–Kier alpha value is -2.22. The molecule has 1 aromatic heterocycles. The summed E-state index contributed by atoms with van der Waals surface area (Å²) in [6, 6.07) is 8.94. The van der Waals surface area contributed by atoms with Crippen molar-refractivity contribution in [1.29, 1.82) is 0 Å². The van der Waals surface area contributed by atoms with E-state index in [4.69, 9.17) is 11.6 Å². The first-order valence-corrected chi connectivity index (χ1v) is 8.60. The van der Waals surface area contributed by atoms with Gasteiger partial charge in [0.1, 0.15) is 0 Å². The minimum Gasteiger partial charge on any atom is -0.357 e. The summed E-state index contributed by atoms with van der Waals surface area (Å²) >= 11 is 5.94. The number of hydrogen-bond acceptors (Lipinski definition) is 2. The lowest BCUT2D eigenvalue weighted by Gasteiger charge is -2.18. The van der Waals surface area contributed by atoms with Gasteiger partial charge in [-0.3, -0.25) is 9.67 Å². The summed E-state index contributed by atoms with van der Waals surface area (Å²) in [6.45, 7) is 2.48. The van der Waals surface area contributed by atoms with E-state index in [1.54, 1.807) is 29.1 Å². The van der Waals surface area contributed by atoms with Crippen molar-refractivity contribution in [1.82, 2.24) is 20.4 Å². The molecule has 0 fully saturated rings. The molecule has 0 radical (unpaired) electrons. The Morgan fingerprint density at radius 2 is 2.00 bits per heavy atom. The van der Waals surface area contributed by atoms with Gasteiger partial charge in [0.2, 0.25) is 0 Å². The van der Waals surface area contributed by atoms with Crippen molar-refractivity contribution >= 4 is 17.6 Å². The van der Waals surface area contributed by atoms with E-state index < -0.39 is 12.6 Å². The molecule has 2 N–H and O–H groups in total. The number of aliphatic imine (C=N–C) groups is 1. The number of aromatic nitrogens is 2. The van der Waals surface area contributed by atoms with E-state index in [0.29, 0.717) is 24.1 Å². The van der Waals surface area contributed by atoms with Crippen LogP contribution in [-0.2, 0) is 0 Å². The SMILES string of the molecule is CCNC(=NCC(c1ccc(Cl)cc1)n1cccn1)NCCC(F)(F)F. The first-order valence-electron chi connectivity index (χ1n) is 8.22. The second-order valence-corrected chi connectivity index (χ2v) is 6.00. The average molecular weight is 388 g/mol. The molecular weight excluding hydrogens is 367 g/mol. The van der Waals surface area contributed by atoms with Crippen LogP contribution in [0.1, 0.15) is 24.9 Å². The van der Waals surface area contributed by atoms with Crippen molar-refractivity contribution in [2.75, 3.05) is 19.6 Å². The monoisotopic (exact) mass is 387 g/mol. The summed E-state index contributed by atoms with van der Waals surface area (Å²) in [6.07, 6.45) is -1.64. The second-order valence-electron chi connectivity index (χ2n) is 5.57. The lowest BCUT2D eigenvalue weighted by atomic mass is 10.1. The van der Waals surface area contributed by atoms with Gasteiger partial charge in [0.25, 0.3) is 0 Å². The Kier molecular flexibility index (Phi) is 7.32. The molecule has 1 aromatic carbocycles. The number of alkyl halides is 3. The molecule has 1 heterocycles. The van der Waals surface area contributed by atoms with Gasteiger partial charge in [0.05, 0.1) is 19.0 Å². The number of rotatable bonds is 7. The molecule has 0 amide bonds. The van der Waals surface area contributed by atoms with Gasteiger partial charge in [0.15, 0.2) is 5.96 Å². The molecule has 9 heteroatoms. The van der Waals surface area contributed by atoms with Crippen LogP contribution in [0.3, 0.4) is 0 Å². The first-order chi connectivity index (χ1) is 12.4. The predicted molar refractivity (Wildman–Crippen MR) is 96.5 cm³/mol. The van der Waals surface area contributed by atoms with Gasteiger partial charge in [-0.15, -0.1) is 0 Å². The van der Waals surface area contributed by atoms with Crippen molar-refractivity contribution in [2.45, 2.75) is 25.6 Å². The zero-order valence-corrected chi connectivity index (χ0v) is 15.1. The molecule has 2 rings (SSSR count). The highest BCUT2D eigenvalue weighted by Gasteiger charge is 2.26. The van der Waals surface area contributed by atoms with Gasteiger partial charge in [0, 0.05) is 30.5 Å². The number of nitrogens with zero attached hydrogens (tertiary/aromatic N) is 3. The number of hydrogen-bond donors (Lipinski definition) is 2. The number of halogens is 4. The molecule has 0 aliphatic heterocycles. The van der Waals surface area contributed by atoms with Crippen LogP contribution in [0.4, 0.5) is 13.2 Å². The highest BCUT2D eigenvalue weighted by molar-refractivity contribution is 6.30. The highest BCUT2D eigenvalue weighted by atomic mass is 35.5. The zero-order valence-electron chi connectivity index (χ0n) is 14.3. The number of guanidine groups is 1. The van der Waals surface area contributed by atoms with E-state index in [0.717, 1.165) is 5.56 Å². The van der Waals surface area contributed by atoms with Gasteiger partial charge in [-0.05, 0) is 30.7 Å². The molecule has 0 aliphatic rings. The molecule has 2 aromatic rings. The predicted octanol–water partition coefficient (Wildman–Crippen LogP) is 3.63.